The van der Waals surface area contributed by atoms with Crippen LogP contribution in [0.2, 0.25) is 0 Å². The normalized spacial score (nSPS) is 11.0. The molecule has 0 aliphatic carbocycles. The summed E-state index contributed by atoms with van der Waals surface area (Å²) in [6.45, 7) is 4.18. The highest BCUT2D eigenvalue weighted by atomic mass is 32.1. The van der Waals surface area contributed by atoms with Gasteiger partial charge in [-0.2, -0.15) is 0 Å². The Labute approximate surface area is 127 Å². The smallest absolute Gasteiger partial charge is 0.186 e. The number of nitrogens with one attached hydrogen (secondary N) is 1. The van der Waals surface area contributed by atoms with Crippen LogP contribution in [0.4, 0.5) is 5.13 Å². The van der Waals surface area contributed by atoms with Gasteiger partial charge in [0.2, 0.25) is 0 Å². The van der Waals surface area contributed by atoms with Crippen LogP contribution in [0.3, 0.4) is 0 Å². The summed E-state index contributed by atoms with van der Waals surface area (Å²) in [5.74, 6) is 0. The topological polar surface area (TPSA) is 50.3 Å². The van der Waals surface area contributed by atoms with Gasteiger partial charge in [0.1, 0.15) is 0 Å². The zero-order valence-electron chi connectivity index (χ0n) is 12.3. The molecule has 2 rings (SSSR count). The van der Waals surface area contributed by atoms with Crippen molar-refractivity contribution in [3.63, 3.8) is 0 Å². The second-order valence-corrected chi connectivity index (χ2v) is 6.67. The van der Waals surface area contributed by atoms with Crippen molar-refractivity contribution >= 4 is 27.8 Å². The molecule has 5 nitrogen and oxygen atoms in total. The number of anilines is 1. The van der Waals surface area contributed by atoms with E-state index in [0.717, 1.165) is 34.6 Å². The number of thiazole rings is 2. The average molecular weight is 312 g/mol. The van der Waals surface area contributed by atoms with Crippen molar-refractivity contribution in [1.82, 2.24) is 15.3 Å². The molecule has 0 bridgehead atoms. The highest BCUT2D eigenvalue weighted by molar-refractivity contribution is 7.15. The van der Waals surface area contributed by atoms with Crippen molar-refractivity contribution in [2.24, 2.45) is 0 Å². The number of methoxy groups -OCH3 is 1. The Morgan fingerprint density at radius 2 is 2.20 bits per heavy atom. The SMILES string of the molecule is CNCc1sc(N(C)Cc2csc(C)n2)nc1COC. The first kappa shape index (κ1) is 15.4. The molecule has 2 aromatic heterocycles. The summed E-state index contributed by atoms with van der Waals surface area (Å²) >= 11 is 3.39. The van der Waals surface area contributed by atoms with E-state index in [9.17, 15) is 0 Å². The van der Waals surface area contributed by atoms with Gasteiger partial charge in [-0.1, -0.05) is 0 Å². The van der Waals surface area contributed by atoms with Crippen molar-refractivity contribution < 1.29 is 4.74 Å². The predicted octanol–water partition coefficient (Wildman–Crippen LogP) is 2.41. The van der Waals surface area contributed by atoms with Gasteiger partial charge < -0.3 is 15.0 Å². The number of ether oxygens (including phenoxy) is 1. The summed E-state index contributed by atoms with van der Waals surface area (Å²) in [4.78, 5) is 12.5. The first-order chi connectivity index (χ1) is 9.63. The summed E-state index contributed by atoms with van der Waals surface area (Å²) in [6, 6.07) is 0. The molecule has 0 unspecified atom stereocenters. The third kappa shape index (κ3) is 3.76. The Balaban J connectivity index is 2.12. The van der Waals surface area contributed by atoms with Crippen LogP contribution in [-0.4, -0.2) is 31.2 Å². The van der Waals surface area contributed by atoms with Crippen LogP contribution in [0.25, 0.3) is 0 Å². The van der Waals surface area contributed by atoms with Gasteiger partial charge in [-0.25, -0.2) is 9.97 Å². The minimum Gasteiger partial charge on any atom is -0.378 e. The number of rotatable bonds is 7. The van der Waals surface area contributed by atoms with Crippen molar-refractivity contribution in [2.75, 3.05) is 26.1 Å². The van der Waals surface area contributed by atoms with Gasteiger partial charge in [0, 0.05) is 31.0 Å². The average Bonchev–Trinajstić information content (AvgIpc) is 2.98. The Bertz CT molecular complexity index is 529. The van der Waals surface area contributed by atoms with Crippen LogP contribution in [0.5, 0.6) is 0 Å². The zero-order chi connectivity index (χ0) is 14.5. The van der Waals surface area contributed by atoms with Gasteiger partial charge in [0.05, 0.1) is 29.5 Å². The van der Waals surface area contributed by atoms with Crippen molar-refractivity contribution in [3.05, 3.63) is 26.7 Å². The lowest BCUT2D eigenvalue weighted by molar-refractivity contribution is 0.181. The molecule has 0 fully saturated rings. The van der Waals surface area contributed by atoms with Crippen LogP contribution in [0, 0.1) is 6.92 Å². The Hall–Kier alpha value is -1.02. The maximum Gasteiger partial charge on any atom is 0.186 e. The lowest BCUT2D eigenvalue weighted by atomic mass is 10.4. The van der Waals surface area contributed by atoms with Crippen LogP contribution < -0.4 is 10.2 Å². The van der Waals surface area contributed by atoms with Gasteiger partial charge in [0.15, 0.2) is 5.13 Å². The van der Waals surface area contributed by atoms with Crippen molar-refractivity contribution in [2.45, 2.75) is 26.6 Å². The highest BCUT2D eigenvalue weighted by Gasteiger charge is 2.14. The summed E-state index contributed by atoms with van der Waals surface area (Å²) in [5, 5.41) is 7.38. The van der Waals surface area contributed by atoms with E-state index >= 15 is 0 Å². The molecule has 0 aromatic carbocycles. The third-order valence-corrected chi connectivity index (χ3v) is 4.81. The second-order valence-electron chi connectivity index (χ2n) is 4.54. The van der Waals surface area contributed by atoms with E-state index in [1.165, 1.54) is 4.88 Å². The van der Waals surface area contributed by atoms with E-state index < -0.39 is 0 Å². The fraction of sp³-hybridized carbons (Fsp3) is 0.538. The zero-order valence-corrected chi connectivity index (χ0v) is 13.9. The van der Waals surface area contributed by atoms with Gasteiger partial charge in [-0.05, 0) is 14.0 Å². The standard InChI is InChI=1S/C13H20N4OS2/c1-9-15-10(8-19-9)6-17(3)13-16-11(7-18-4)12(20-13)5-14-2/h8,14H,5-7H2,1-4H3. The molecule has 2 aromatic rings. The molecule has 0 saturated carbocycles. The molecular formula is C13H20N4OS2. The molecule has 1 N–H and O–H groups in total. The lowest BCUT2D eigenvalue weighted by Crippen LogP contribution is -2.16. The molecule has 7 heteroatoms. The molecule has 110 valence electrons. The van der Waals surface area contributed by atoms with Crippen LogP contribution >= 0.6 is 22.7 Å². The second kappa shape index (κ2) is 7.12. The minimum absolute atomic E-state index is 0.553. The van der Waals surface area contributed by atoms with Crippen LogP contribution in [-0.2, 0) is 24.4 Å². The Morgan fingerprint density at radius 1 is 1.40 bits per heavy atom. The Kier molecular flexibility index (Phi) is 5.47. The molecular weight excluding hydrogens is 292 g/mol. The molecule has 0 aliphatic heterocycles. The largest absolute Gasteiger partial charge is 0.378 e. The maximum atomic E-state index is 5.22. The van der Waals surface area contributed by atoms with E-state index in [4.69, 9.17) is 4.74 Å². The number of nitrogens with zero attached hydrogens (tertiary/aromatic N) is 3. The summed E-state index contributed by atoms with van der Waals surface area (Å²) < 4.78 is 5.22. The molecule has 0 spiro atoms. The van der Waals surface area contributed by atoms with Crippen molar-refractivity contribution in [3.8, 4) is 0 Å². The summed E-state index contributed by atoms with van der Waals surface area (Å²) in [7, 11) is 5.69. The molecule has 0 aliphatic rings. The molecule has 2 heterocycles. The fourth-order valence-electron chi connectivity index (χ4n) is 1.87. The van der Waals surface area contributed by atoms with E-state index in [1.54, 1.807) is 29.8 Å². The fourth-order valence-corrected chi connectivity index (χ4v) is 3.51. The van der Waals surface area contributed by atoms with E-state index in [2.05, 4.69) is 25.6 Å². The molecule has 0 amide bonds. The third-order valence-electron chi connectivity index (χ3n) is 2.78. The van der Waals surface area contributed by atoms with Crippen LogP contribution in [0.1, 0.15) is 21.3 Å². The lowest BCUT2D eigenvalue weighted by Gasteiger charge is -2.13. The molecule has 0 saturated heterocycles. The molecule has 0 atom stereocenters. The number of aryl methyl sites for hydroxylation is 1. The van der Waals surface area contributed by atoms with E-state index in [1.807, 2.05) is 21.0 Å². The minimum atomic E-state index is 0.553. The van der Waals surface area contributed by atoms with Gasteiger partial charge in [0.25, 0.3) is 0 Å². The first-order valence-electron chi connectivity index (χ1n) is 6.38. The van der Waals surface area contributed by atoms with E-state index in [0.29, 0.717) is 6.61 Å². The monoisotopic (exact) mass is 312 g/mol. The number of hydrogen-bond acceptors (Lipinski definition) is 7. The highest BCUT2D eigenvalue weighted by Crippen LogP contribution is 2.27. The van der Waals surface area contributed by atoms with Gasteiger partial charge in [-0.3, -0.25) is 0 Å². The number of hydrogen-bond donors (Lipinski definition) is 1. The summed E-state index contributed by atoms with van der Waals surface area (Å²) in [5.41, 5.74) is 2.11. The Morgan fingerprint density at radius 3 is 2.80 bits per heavy atom. The maximum absolute atomic E-state index is 5.22. The quantitative estimate of drug-likeness (QED) is 0.851. The van der Waals surface area contributed by atoms with Crippen molar-refractivity contribution in [1.29, 1.82) is 0 Å². The predicted molar refractivity (Wildman–Crippen MR) is 84.5 cm³/mol. The van der Waals surface area contributed by atoms with Gasteiger partial charge >= 0.3 is 0 Å². The molecule has 20 heavy (non-hydrogen) atoms. The molecule has 0 radical (unpaired) electrons. The van der Waals surface area contributed by atoms with E-state index in [-0.39, 0.29) is 0 Å². The van der Waals surface area contributed by atoms with Crippen LogP contribution in [0.15, 0.2) is 5.38 Å². The summed E-state index contributed by atoms with van der Waals surface area (Å²) in [6.07, 6.45) is 0. The van der Waals surface area contributed by atoms with Gasteiger partial charge in [-0.15, -0.1) is 22.7 Å². The number of aromatic nitrogens is 2. The first-order valence-corrected chi connectivity index (χ1v) is 8.08.